The number of nitrogens with two attached hydrogens (primary N) is 1. The van der Waals surface area contributed by atoms with Crippen LogP contribution in [-0.4, -0.2) is 81.9 Å². The van der Waals surface area contributed by atoms with Crippen molar-refractivity contribution in [1.29, 1.82) is 0 Å². The molecule has 0 amide bonds. The van der Waals surface area contributed by atoms with Gasteiger partial charge in [-0.3, -0.25) is 19.7 Å². The lowest BCUT2D eigenvalue weighted by atomic mass is 9.88. The van der Waals surface area contributed by atoms with Gasteiger partial charge in [0.1, 0.15) is 35.8 Å². The Labute approximate surface area is 449 Å². The van der Waals surface area contributed by atoms with Gasteiger partial charge in [-0.15, -0.1) is 0 Å². The summed E-state index contributed by atoms with van der Waals surface area (Å²) in [5, 5.41) is 45.0. The molecule has 7 aromatic rings. The molecule has 0 fully saturated rings. The van der Waals surface area contributed by atoms with E-state index in [9.17, 15) is 53.9 Å². The van der Waals surface area contributed by atoms with E-state index in [0.717, 1.165) is 31.2 Å². The quantitative estimate of drug-likeness (QED) is 0.0223. The number of carbonyl (C=O) groups excluding carboxylic acids is 1. The second kappa shape index (κ2) is 30.7. The Morgan fingerprint density at radius 3 is 1.38 bits per heavy atom. The van der Waals surface area contributed by atoms with E-state index >= 15 is 0 Å². The van der Waals surface area contributed by atoms with Crippen LogP contribution in [0.4, 0.5) is 39.5 Å². The minimum Gasteiger partial charge on any atom is -0.480 e. The van der Waals surface area contributed by atoms with Crippen LogP contribution in [0.15, 0.2) is 146 Å². The number of halogens is 9. The van der Waals surface area contributed by atoms with Crippen LogP contribution in [0.5, 0.6) is 0 Å². The Balaban J connectivity index is 0.000000324. The number of aliphatic hydroxyl groups is 2. The van der Waals surface area contributed by atoms with E-state index in [-0.39, 0.29) is 40.0 Å². The van der Waals surface area contributed by atoms with E-state index in [1.54, 1.807) is 105 Å². The molecule has 79 heavy (non-hydrogen) atoms. The van der Waals surface area contributed by atoms with Gasteiger partial charge in [-0.05, 0) is 112 Å². The van der Waals surface area contributed by atoms with Gasteiger partial charge < -0.3 is 36.7 Å². The van der Waals surface area contributed by atoms with E-state index in [1.165, 1.54) is 60.7 Å². The van der Waals surface area contributed by atoms with Crippen LogP contribution in [0, 0.1) is 31.3 Å². The first-order valence-electron chi connectivity index (χ1n) is 23.3. The lowest BCUT2D eigenvalue weighted by molar-refractivity contribution is -0.141. The third kappa shape index (κ3) is 19.1. The molecule has 0 aliphatic heterocycles. The number of nitrogens with one attached hydrogen (secondary N) is 1. The van der Waals surface area contributed by atoms with Crippen molar-refractivity contribution in [2.45, 2.75) is 44.8 Å². The lowest BCUT2D eigenvalue weighted by Crippen LogP contribution is -2.39. The summed E-state index contributed by atoms with van der Waals surface area (Å²) in [4.78, 5) is 31.6. The zero-order chi connectivity index (χ0) is 57.7. The summed E-state index contributed by atoms with van der Waals surface area (Å²) >= 11 is 0. The summed E-state index contributed by atoms with van der Waals surface area (Å²) in [5.41, 5.74) is 8.56. The molecule has 7 rings (SSSR count). The maximum absolute atomic E-state index is 14.3. The summed E-state index contributed by atoms with van der Waals surface area (Å²) in [7, 11) is 0.745. The standard InChI is InChI=1S/C26H23F4NO3.C23H16F4O.C6H5BFO.C3H7NO3.H2O/c1-16-18(5-4-7-20(16)21-6-2-3-8-23(21)27)10-11-19-13-17(9-12-22(19)26(28,29)30)14-31-24(15-32)25(33)34;1-15-17(5-4-7-19(15)20-6-2-3-8-22(20)24)10-11-18-13-16(14-28)9-12-21(18)23(25,26)27;8-6-4-2-1-3-5(6)7-9;4-2(1-5)3(6)7;/h2-13,24,31-32H,14-15H2,1H3,(H,33,34);2-14H,1H3;1-4,9H;2,5H,1,4H2,(H,6,7);1H2/b2*11-10+;;;. The summed E-state index contributed by atoms with van der Waals surface area (Å²) in [5.74, 6) is -3.61. The summed E-state index contributed by atoms with van der Waals surface area (Å²) in [6.45, 7) is 2.36. The van der Waals surface area contributed by atoms with Gasteiger partial charge >= 0.3 is 31.8 Å². The van der Waals surface area contributed by atoms with Gasteiger partial charge in [0, 0.05) is 23.2 Å². The number of hydrogen-bond donors (Lipinski definition) is 7. The van der Waals surface area contributed by atoms with Crippen LogP contribution >= 0.6 is 0 Å². The zero-order valence-corrected chi connectivity index (χ0v) is 42.0. The molecule has 0 aliphatic rings. The largest absolute Gasteiger partial charge is 0.480 e. The molecular formula is C58H53BF9N2O9. The van der Waals surface area contributed by atoms with E-state index in [2.05, 4.69) is 5.32 Å². The predicted molar refractivity (Wildman–Crippen MR) is 285 cm³/mol. The molecule has 0 spiro atoms. The Hall–Kier alpha value is -8.18. The second-order valence-corrected chi connectivity index (χ2v) is 16.8. The average molecular weight is 1100 g/mol. The van der Waals surface area contributed by atoms with Gasteiger partial charge in [-0.25, -0.2) is 13.2 Å². The SMILES string of the molecule is Cc1c(/C=C/c2cc(C=O)ccc2C(F)(F)F)cccc1-c1ccccc1F.Cc1c(/C=C/c2cc(CNC(CO)C(=O)O)ccc2C(F)(F)F)cccc1-c1ccccc1F.NC(CO)C(=O)O.O.O[B]c1ccccc1F. The molecule has 2 atom stereocenters. The highest BCUT2D eigenvalue weighted by atomic mass is 19.4. The van der Waals surface area contributed by atoms with Crippen molar-refractivity contribution in [1.82, 2.24) is 5.32 Å². The molecule has 7 aromatic carbocycles. The minimum absolute atomic E-state index is 0. The van der Waals surface area contributed by atoms with Crippen molar-refractivity contribution in [3.05, 3.63) is 219 Å². The third-order valence-electron chi connectivity index (χ3n) is 11.5. The number of aliphatic carboxylic acids is 2. The molecule has 0 bridgehead atoms. The van der Waals surface area contributed by atoms with Crippen LogP contribution < -0.4 is 16.5 Å². The number of alkyl halides is 6. The Morgan fingerprint density at radius 2 is 1.00 bits per heavy atom. The highest BCUT2D eigenvalue weighted by Crippen LogP contribution is 2.36. The lowest BCUT2D eigenvalue weighted by Gasteiger charge is -2.15. The topological polar surface area (TPSA) is 222 Å². The molecule has 0 aliphatic carbocycles. The van der Waals surface area contributed by atoms with Crippen LogP contribution in [0.1, 0.15) is 60.4 Å². The maximum Gasteiger partial charge on any atom is 0.416 e. The number of hydrogen-bond acceptors (Lipinski definition) is 8. The number of aliphatic hydroxyl groups excluding tert-OH is 2. The van der Waals surface area contributed by atoms with Gasteiger partial charge in [0.25, 0.3) is 0 Å². The number of benzene rings is 7. The van der Waals surface area contributed by atoms with Crippen LogP contribution in [0.25, 0.3) is 46.6 Å². The first-order valence-corrected chi connectivity index (χ1v) is 23.3. The highest BCUT2D eigenvalue weighted by Gasteiger charge is 2.34. The molecule has 11 nitrogen and oxygen atoms in total. The fourth-order valence-corrected chi connectivity index (χ4v) is 7.27. The number of carbonyl (C=O) groups is 3. The molecule has 21 heteroatoms. The van der Waals surface area contributed by atoms with E-state index in [0.29, 0.717) is 50.8 Å². The highest BCUT2D eigenvalue weighted by molar-refractivity contribution is 6.45. The van der Waals surface area contributed by atoms with Crippen molar-refractivity contribution < 1.29 is 84.8 Å². The van der Waals surface area contributed by atoms with Crippen LogP contribution in [0.3, 0.4) is 0 Å². The van der Waals surface area contributed by atoms with E-state index in [1.807, 2.05) is 0 Å². The van der Waals surface area contributed by atoms with Gasteiger partial charge in [0.05, 0.1) is 24.3 Å². The summed E-state index contributed by atoms with van der Waals surface area (Å²) < 4.78 is 121. The summed E-state index contributed by atoms with van der Waals surface area (Å²) in [6.07, 6.45) is -2.89. The smallest absolute Gasteiger partial charge is 0.416 e. The van der Waals surface area contributed by atoms with Gasteiger partial charge in [0.15, 0.2) is 0 Å². The Morgan fingerprint density at radius 1 is 0.570 bits per heavy atom. The predicted octanol–water partition coefficient (Wildman–Crippen LogP) is 9.96. The molecule has 1 radical (unpaired) electrons. The summed E-state index contributed by atoms with van der Waals surface area (Å²) in [6, 6.07) is 33.4. The van der Waals surface area contributed by atoms with E-state index in [4.69, 9.17) is 31.2 Å². The molecule has 10 N–H and O–H groups in total. The monoisotopic (exact) mass is 1100 g/mol. The zero-order valence-electron chi connectivity index (χ0n) is 42.0. The number of aldehydes is 1. The fraction of sp³-hybridized carbons (Fsp3) is 0.155. The average Bonchev–Trinajstić information content (AvgIpc) is 3.41. The maximum atomic E-state index is 14.3. The molecule has 0 saturated heterocycles. The van der Waals surface area contributed by atoms with Gasteiger partial charge in [-0.1, -0.05) is 127 Å². The number of rotatable bonds is 15. The molecule has 0 aromatic heterocycles. The normalized spacial score (nSPS) is 11.9. The van der Waals surface area contributed by atoms with Crippen molar-refractivity contribution >= 4 is 55.5 Å². The third-order valence-corrected chi connectivity index (χ3v) is 11.5. The Bertz CT molecular complexity index is 3220. The molecule has 2 unspecified atom stereocenters. The molecule has 415 valence electrons. The number of carboxylic acids is 2. The van der Waals surface area contributed by atoms with Crippen molar-refractivity contribution in [2.24, 2.45) is 5.73 Å². The van der Waals surface area contributed by atoms with Crippen molar-refractivity contribution in [3.8, 4) is 22.3 Å². The van der Waals surface area contributed by atoms with Crippen molar-refractivity contribution in [2.75, 3.05) is 13.2 Å². The molecule has 0 saturated carbocycles. The van der Waals surface area contributed by atoms with Crippen LogP contribution in [-0.2, 0) is 28.5 Å². The molecular weight excluding hydrogens is 1050 g/mol. The van der Waals surface area contributed by atoms with Gasteiger partial charge in [-0.2, -0.15) is 26.3 Å². The van der Waals surface area contributed by atoms with E-state index < -0.39 is 72.3 Å². The second-order valence-electron chi connectivity index (χ2n) is 16.8. The first-order chi connectivity index (χ1) is 36.9. The minimum atomic E-state index is -4.59. The fourth-order valence-electron chi connectivity index (χ4n) is 7.27. The number of carboxylic acid groups (broad SMARTS) is 2. The van der Waals surface area contributed by atoms with Crippen molar-refractivity contribution in [3.63, 3.8) is 0 Å². The van der Waals surface area contributed by atoms with Gasteiger partial charge in [0.2, 0.25) is 0 Å². The Kier molecular flexibility index (Phi) is 25.3. The first kappa shape index (κ1) is 65.1. The molecule has 0 heterocycles. The van der Waals surface area contributed by atoms with Crippen LogP contribution in [0.2, 0.25) is 0 Å².